The van der Waals surface area contributed by atoms with Gasteiger partial charge in [-0.2, -0.15) is 0 Å². The number of hydrogen-bond donors (Lipinski definition) is 0. The Morgan fingerprint density at radius 1 is 0.962 bits per heavy atom. The second-order valence-corrected chi connectivity index (χ2v) is 11.4. The van der Waals surface area contributed by atoms with Crippen LogP contribution in [0.1, 0.15) is 33.1 Å². The standard InChI is InChI=1S/C18H24N4S4/c1-13-5-6-15(11-16(13)24-26-18-21-9-4-10-22-18)14(2)12-23-25-17-19-7-3-8-20-17/h3-4,7-10,13-16H,5-6,11-12H2,1-2H3. The van der Waals surface area contributed by atoms with E-state index in [0.29, 0.717) is 11.2 Å². The third-order valence-corrected chi connectivity index (χ3v) is 9.95. The Bertz CT molecular complexity index is 646. The predicted molar refractivity (Wildman–Crippen MR) is 115 cm³/mol. The molecule has 4 atom stereocenters. The maximum Gasteiger partial charge on any atom is 0.198 e. The van der Waals surface area contributed by atoms with Gasteiger partial charge in [0.1, 0.15) is 0 Å². The highest BCUT2D eigenvalue weighted by Gasteiger charge is 2.31. The fourth-order valence-electron chi connectivity index (χ4n) is 3.05. The van der Waals surface area contributed by atoms with Gasteiger partial charge >= 0.3 is 0 Å². The Labute approximate surface area is 171 Å². The summed E-state index contributed by atoms with van der Waals surface area (Å²) in [7, 11) is 7.26. The van der Waals surface area contributed by atoms with Crippen LogP contribution in [0.2, 0.25) is 0 Å². The van der Waals surface area contributed by atoms with Crippen molar-refractivity contribution in [1.82, 2.24) is 19.9 Å². The summed E-state index contributed by atoms with van der Waals surface area (Å²) < 4.78 is 0. The average molecular weight is 425 g/mol. The fourth-order valence-corrected chi connectivity index (χ4v) is 8.11. The van der Waals surface area contributed by atoms with Gasteiger partial charge < -0.3 is 0 Å². The lowest BCUT2D eigenvalue weighted by Crippen LogP contribution is -2.29. The van der Waals surface area contributed by atoms with E-state index in [1.807, 2.05) is 46.1 Å². The molecule has 0 saturated heterocycles. The molecule has 1 saturated carbocycles. The Kier molecular flexibility index (Phi) is 8.42. The summed E-state index contributed by atoms with van der Waals surface area (Å²) in [5.74, 6) is 3.42. The molecule has 0 spiro atoms. The van der Waals surface area contributed by atoms with Crippen LogP contribution in [0.3, 0.4) is 0 Å². The molecule has 1 aliphatic carbocycles. The first kappa shape index (κ1) is 20.3. The van der Waals surface area contributed by atoms with Gasteiger partial charge in [0.15, 0.2) is 10.3 Å². The highest BCUT2D eigenvalue weighted by molar-refractivity contribution is 8.77. The van der Waals surface area contributed by atoms with E-state index in [1.165, 1.54) is 19.3 Å². The molecule has 4 unspecified atom stereocenters. The van der Waals surface area contributed by atoms with Crippen LogP contribution >= 0.6 is 43.2 Å². The molecular weight excluding hydrogens is 400 g/mol. The van der Waals surface area contributed by atoms with Gasteiger partial charge in [0.2, 0.25) is 0 Å². The zero-order valence-electron chi connectivity index (χ0n) is 15.0. The molecule has 0 aliphatic heterocycles. The van der Waals surface area contributed by atoms with Crippen molar-refractivity contribution in [3.05, 3.63) is 36.9 Å². The minimum Gasteiger partial charge on any atom is -0.230 e. The van der Waals surface area contributed by atoms with Crippen molar-refractivity contribution in [3.63, 3.8) is 0 Å². The molecule has 1 aliphatic rings. The molecule has 26 heavy (non-hydrogen) atoms. The van der Waals surface area contributed by atoms with Crippen molar-refractivity contribution >= 4 is 43.2 Å². The van der Waals surface area contributed by atoms with Gasteiger partial charge in [-0.25, -0.2) is 19.9 Å². The molecule has 140 valence electrons. The van der Waals surface area contributed by atoms with E-state index in [4.69, 9.17) is 0 Å². The highest BCUT2D eigenvalue weighted by Crippen LogP contribution is 2.46. The van der Waals surface area contributed by atoms with Gasteiger partial charge in [-0.15, -0.1) is 0 Å². The summed E-state index contributed by atoms with van der Waals surface area (Å²) >= 11 is 0. The van der Waals surface area contributed by atoms with Crippen molar-refractivity contribution in [1.29, 1.82) is 0 Å². The average Bonchev–Trinajstić information content (AvgIpc) is 2.69. The summed E-state index contributed by atoms with van der Waals surface area (Å²) in [6.45, 7) is 4.79. The molecule has 2 heterocycles. The van der Waals surface area contributed by atoms with Gasteiger partial charge in [0.05, 0.1) is 0 Å². The minimum absolute atomic E-state index is 0.681. The molecule has 0 aromatic carbocycles. The van der Waals surface area contributed by atoms with E-state index in [9.17, 15) is 0 Å². The third kappa shape index (κ3) is 6.32. The van der Waals surface area contributed by atoms with E-state index in [2.05, 4.69) is 33.8 Å². The molecule has 0 bridgehead atoms. The first-order chi connectivity index (χ1) is 12.7. The molecule has 8 heteroatoms. The number of nitrogens with zero attached hydrogens (tertiary/aromatic N) is 4. The van der Waals surface area contributed by atoms with Crippen LogP contribution in [0.15, 0.2) is 47.2 Å². The second kappa shape index (κ2) is 10.8. The fraction of sp³-hybridized carbons (Fsp3) is 0.556. The van der Waals surface area contributed by atoms with E-state index in [1.54, 1.807) is 34.0 Å². The summed E-state index contributed by atoms with van der Waals surface area (Å²) in [5, 5.41) is 2.41. The largest absolute Gasteiger partial charge is 0.230 e. The lowest BCUT2D eigenvalue weighted by atomic mass is 9.77. The van der Waals surface area contributed by atoms with E-state index in [-0.39, 0.29) is 0 Å². The number of rotatable bonds is 8. The Hall–Kier alpha value is -0.440. The monoisotopic (exact) mass is 424 g/mol. The van der Waals surface area contributed by atoms with Crippen molar-refractivity contribution in [3.8, 4) is 0 Å². The maximum absolute atomic E-state index is 4.32. The van der Waals surface area contributed by atoms with E-state index in [0.717, 1.165) is 27.9 Å². The lowest BCUT2D eigenvalue weighted by molar-refractivity contribution is 0.245. The van der Waals surface area contributed by atoms with Gasteiger partial charge in [0, 0.05) is 35.8 Å². The molecule has 0 amide bonds. The van der Waals surface area contributed by atoms with Crippen LogP contribution in [0.25, 0.3) is 0 Å². The zero-order valence-corrected chi connectivity index (χ0v) is 18.3. The number of aromatic nitrogens is 4. The molecule has 0 N–H and O–H groups in total. The minimum atomic E-state index is 0.681. The smallest absolute Gasteiger partial charge is 0.198 e. The molecule has 3 rings (SSSR count). The topological polar surface area (TPSA) is 51.6 Å². The van der Waals surface area contributed by atoms with Crippen molar-refractivity contribution in [2.75, 3.05) is 5.75 Å². The van der Waals surface area contributed by atoms with Gasteiger partial charge in [0.25, 0.3) is 0 Å². The molecule has 0 radical (unpaired) electrons. The first-order valence-corrected chi connectivity index (χ1v) is 13.4. The maximum atomic E-state index is 4.32. The molecule has 4 nitrogen and oxygen atoms in total. The van der Waals surface area contributed by atoms with Crippen LogP contribution in [0.4, 0.5) is 0 Å². The normalized spacial score (nSPS) is 24.3. The third-order valence-electron chi connectivity index (χ3n) is 4.76. The molecule has 2 aromatic rings. The lowest BCUT2D eigenvalue weighted by Gasteiger charge is -2.36. The van der Waals surface area contributed by atoms with Crippen molar-refractivity contribution in [2.45, 2.75) is 48.7 Å². The predicted octanol–water partition coefficient (Wildman–Crippen LogP) is 5.89. The Morgan fingerprint density at radius 3 is 2.23 bits per heavy atom. The van der Waals surface area contributed by atoms with Crippen molar-refractivity contribution in [2.24, 2.45) is 17.8 Å². The summed E-state index contributed by atoms with van der Waals surface area (Å²) in [4.78, 5) is 17.2. The van der Waals surface area contributed by atoms with Gasteiger partial charge in [-0.1, -0.05) is 35.4 Å². The van der Waals surface area contributed by atoms with Crippen LogP contribution in [-0.4, -0.2) is 30.9 Å². The van der Waals surface area contributed by atoms with Crippen LogP contribution in [0.5, 0.6) is 0 Å². The van der Waals surface area contributed by atoms with Gasteiger partial charge in [-0.05, 0) is 70.7 Å². The van der Waals surface area contributed by atoms with Gasteiger partial charge in [-0.3, -0.25) is 0 Å². The first-order valence-electron chi connectivity index (χ1n) is 8.89. The number of hydrogen-bond acceptors (Lipinski definition) is 8. The molecule has 1 fully saturated rings. The quantitative estimate of drug-likeness (QED) is 0.384. The molecular formula is C18H24N4S4. The second-order valence-electron chi connectivity index (χ2n) is 6.68. The summed E-state index contributed by atoms with van der Waals surface area (Å²) in [5.41, 5.74) is 0. The Morgan fingerprint density at radius 2 is 1.58 bits per heavy atom. The van der Waals surface area contributed by atoms with Crippen LogP contribution in [0, 0.1) is 17.8 Å². The summed E-state index contributed by atoms with van der Waals surface area (Å²) in [6.07, 6.45) is 11.2. The van der Waals surface area contributed by atoms with Crippen LogP contribution < -0.4 is 0 Å². The molecule has 2 aromatic heterocycles. The van der Waals surface area contributed by atoms with Crippen molar-refractivity contribution < 1.29 is 0 Å². The zero-order chi connectivity index (χ0) is 18.2. The summed E-state index contributed by atoms with van der Waals surface area (Å²) in [6, 6.07) is 3.72. The van der Waals surface area contributed by atoms with E-state index >= 15 is 0 Å². The van der Waals surface area contributed by atoms with E-state index < -0.39 is 0 Å². The highest BCUT2D eigenvalue weighted by atomic mass is 33.1. The Balaban J connectivity index is 1.44. The van der Waals surface area contributed by atoms with Crippen LogP contribution in [-0.2, 0) is 0 Å². The SMILES string of the molecule is CC(CSSc1ncccn1)C1CCC(C)C(SSc2ncccn2)C1.